The van der Waals surface area contributed by atoms with Gasteiger partial charge in [-0.2, -0.15) is 0 Å². The molecule has 28 heavy (non-hydrogen) atoms. The van der Waals surface area contributed by atoms with Crippen LogP contribution in [0.25, 0.3) is 0 Å². The van der Waals surface area contributed by atoms with E-state index in [2.05, 4.69) is 10.7 Å². The highest BCUT2D eigenvalue weighted by Crippen LogP contribution is 2.30. The van der Waals surface area contributed by atoms with Crippen LogP contribution < -0.4 is 10.7 Å². The fourth-order valence-electron chi connectivity index (χ4n) is 3.50. The van der Waals surface area contributed by atoms with Crippen LogP contribution in [0.1, 0.15) is 23.6 Å². The maximum Gasteiger partial charge on any atom is 0.251 e. The van der Waals surface area contributed by atoms with Crippen molar-refractivity contribution in [1.82, 2.24) is 15.3 Å². The van der Waals surface area contributed by atoms with Crippen molar-refractivity contribution < 1.29 is 9.59 Å². The van der Waals surface area contributed by atoms with Gasteiger partial charge in [0.1, 0.15) is 12.6 Å². The van der Waals surface area contributed by atoms with Crippen LogP contribution in [0.3, 0.4) is 0 Å². The van der Waals surface area contributed by atoms with E-state index in [1.807, 2.05) is 54.5 Å². The molecule has 144 valence electrons. The molecule has 0 aromatic heterocycles. The highest BCUT2D eigenvalue weighted by molar-refractivity contribution is 6.31. The number of anilines is 1. The maximum atomic E-state index is 12.9. The van der Waals surface area contributed by atoms with Crippen molar-refractivity contribution in [3.05, 3.63) is 77.1 Å². The van der Waals surface area contributed by atoms with E-state index in [0.717, 1.165) is 11.1 Å². The van der Waals surface area contributed by atoms with Gasteiger partial charge in [-0.1, -0.05) is 48.0 Å². The largest absolute Gasteiger partial charge is 0.324 e. The number of nitrogens with one attached hydrogen (secondary N) is 2. The zero-order valence-electron chi connectivity index (χ0n) is 15.4. The first-order chi connectivity index (χ1) is 13.5. The van der Waals surface area contributed by atoms with Gasteiger partial charge in [0, 0.05) is 23.1 Å². The number of amides is 2. The first kappa shape index (κ1) is 18.5. The molecule has 2 aliphatic heterocycles. The average molecular weight is 397 g/mol. The number of carbonyl (C=O) groups is 2. The van der Waals surface area contributed by atoms with Crippen molar-refractivity contribution in [3.8, 4) is 0 Å². The fraction of sp³-hybridized carbons (Fsp3) is 0.238. The molecule has 2 aromatic carbocycles. The first-order valence-electron chi connectivity index (χ1n) is 9.15. The van der Waals surface area contributed by atoms with Crippen LogP contribution >= 0.6 is 11.6 Å². The summed E-state index contributed by atoms with van der Waals surface area (Å²) in [6, 6.07) is 15.1. The second-order valence-corrected chi connectivity index (χ2v) is 7.43. The topological polar surface area (TPSA) is 64.7 Å². The molecule has 0 aliphatic carbocycles. The standard InChI is InChI=1S/C21H21ClN4O2/c1-14-7-8-16(11-17(14)22)23-20(27)13-25-9-10-26-19(21(25)28)12-18(24-26)15-5-3-2-4-6-15/h2-11,18-19,24H,12-13H2,1H3,(H,23,27). The van der Waals surface area contributed by atoms with Crippen LogP contribution in [0.4, 0.5) is 5.69 Å². The normalized spacial score (nSPS) is 21.0. The van der Waals surface area contributed by atoms with Crippen LogP contribution in [0, 0.1) is 6.92 Å². The molecule has 2 heterocycles. The number of nitrogens with zero attached hydrogens (tertiary/aromatic N) is 2. The van der Waals surface area contributed by atoms with Crippen LogP contribution in [0.5, 0.6) is 0 Å². The molecule has 0 spiro atoms. The quantitative estimate of drug-likeness (QED) is 0.832. The lowest BCUT2D eigenvalue weighted by Crippen LogP contribution is -2.49. The minimum Gasteiger partial charge on any atom is -0.324 e. The lowest BCUT2D eigenvalue weighted by atomic mass is 10.0. The Morgan fingerprint density at radius 2 is 2.00 bits per heavy atom. The Balaban J connectivity index is 1.39. The van der Waals surface area contributed by atoms with Gasteiger partial charge in [-0.25, -0.2) is 5.43 Å². The summed E-state index contributed by atoms with van der Waals surface area (Å²) in [7, 11) is 0. The Hall–Kier alpha value is -2.83. The minimum absolute atomic E-state index is 0.0405. The molecule has 2 atom stereocenters. The molecular formula is C21H21ClN4O2. The maximum absolute atomic E-state index is 12.9. The van der Waals surface area contributed by atoms with Crippen LogP contribution in [0.15, 0.2) is 60.9 Å². The van der Waals surface area contributed by atoms with Crippen LogP contribution in [-0.4, -0.2) is 34.3 Å². The molecule has 6 nitrogen and oxygen atoms in total. The van der Waals surface area contributed by atoms with E-state index in [4.69, 9.17) is 11.6 Å². The minimum atomic E-state index is -0.322. The van der Waals surface area contributed by atoms with Gasteiger partial charge in [0.05, 0.1) is 6.04 Å². The summed E-state index contributed by atoms with van der Waals surface area (Å²) in [4.78, 5) is 26.7. The number of rotatable bonds is 4. The molecule has 0 bridgehead atoms. The van der Waals surface area contributed by atoms with Crippen LogP contribution in [-0.2, 0) is 9.59 Å². The van der Waals surface area contributed by atoms with E-state index in [9.17, 15) is 9.59 Å². The summed E-state index contributed by atoms with van der Waals surface area (Å²) in [5.41, 5.74) is 6.04. The molecule has 0 radical (unpaired) electrons. The summed E-state index contributed by atoms with van der Waals surface area (Å²) in [5, 5.41) is 5.21. The molecule has 2 unspecified atom stereocenters. The summed E-state index contributed by atoms with van der Waals surface area (Å²) >= 11 is 6.10. The van der Waals surface area contributed by atoms with Crippen LogP contribution in [0.2, 0.25) is 5.02 Å². The first-order valence-corrected chi connectivity index (χ1v) is 9.53. The van der Waals surface area contributed by atoms with Crippen molar-refractivity contribution >= 4 is 29.1 Å². The van der Waals surface area contributed by atoms with E-state index in [0.29, 0.717) is 17.1 Å². The molecule has 2 amide bonds. The number of halogens is 1. The third kappa shape index (κ3) is 3.74. The number of carbonyl (C=O) groups excluding carboxylic acids is 2. The number of aryl methyl sites for hydroxylation is 1. The molecule has 2 aromatic rings. The van der Waals surface area contributed by atoms with Crippen molar-refractivity contribution in [1.29, 1.82) is 0 Å². The number of fused-ring (bicyclic) bond motifs is 1. The molecule has 0 saturated carbocycles. The van der Waals surface area contributed by atoms with Gasteiger partial charge in [0.25, 0.3) is 5.91 Å². The Kier molecular flexibility index (Phi) is 5.07. The van der Waals surface area contributed by atoms with Gasteiger partial charge in [0.2, 0.25) is 5.91 Å². The van der Waals surface area contributed by atoms with Gasteiger partial charge in [-0.3, -0.25) is 9.59 Å². The van der Waals surface area contributed by atoms with Crippen molar-refractivity contribution in [3.63, 3.8) is 0 Å². The number of hydrogen-bond acceptors (Lipinski definition) is 4. The fourth-order valence-corrected chi connectivity index (χ4v) is 3.68. The lowest BCUT2D eigenvalue weighted by Gasteiger charge is -2.31. The predicted octanol–water partition coefficient (Wildman–Crippen LogP) is 3.22. The SMILES string of the molecule is Cc1ccc(NC(=O)CN2C=CN3NC(c4ccccc4)CC3C2=O)cc1Cl. The van der Waals surface area contributed by atoms with E-state index in [1.165, 1.54) is 4.90 Å². The molecule has 2 aliphatic rings. The van der Waals surface area contributed by atoms with Gasteiger partial charge in [-0.05, 0) is 36.6 Å². The molecule has 1 saturated heterocycles. The Morgan fingerprint density at radius 3 is 2.75 bits per heavy atom. The monoisotopic (exact) mass is 396 g/mol. The summed E-state index contributed by atoms with van der Waals surface area (Å²) in [5.74, 6) is -0.359. The predicted molar refractivity (Wildman–Crippen MR) is 108 cm³/mol. The van der Waals surface area contributed by atoms with Crippen molar-refractivity contribution in [2.45, 2.75) is 25.4 Å². The molecule has 2 N–H and O–H groups in total. The molecule has 7 heteroatoms. The average Bonchev–Trinajstić information content (AvgIpc) is 3.13. The van der Waals surface area contributed by atoms with Crippen molar-refractivity contribution in [2.24, 2.45) is 0 Å². The number of benzene rings is 2. The summed E-state index contributed by atoms with van der Waals surface area (Å²) in [6.45, 7) is 1.86. The van der Waals surface area contributed by atoms with E-state index < -0.39 is 0 Å². The third-order valence-electron chi connectivity index (χ3n) is 5.05. The second kappa shape index (κ2) is 7.66. The zero-order valence-corrected chi connectivity index (χ0v) is 16.2. The Labute approximate surface area is 168 Å². The van der Waals surface area contributed by atoms with Gasteiger partial charge < -0.3 is 15.2 Å². The summed E-state index contributed by atoms with van der Waals surface area (Å²) in [6.07, 6.45) is 4.10. The summed E-state index contributed by atoms with van der Waals surface area (Å²) < 4.78 is 0. The number of hydrazine groups is 1. The lowest BCUT2D eigenvalue weighted by molar-refractivity contribution is -0.137. The zero-order chi connectivity index (χ0) is 19.7. The van der Waals surface area contributed by atoms with E-state index in [1.54, 1.807) is 18.3 Å². The highest BCUT2D eigenvalue weighted by atomic mass is 35.5. The van der Waals surface area contributed by atoms with E-state index >= 15 is 0 Å². The third-order valence-corrected chi connectivity index (χ3v) is 5.45. The van der Waals surface area contributed by atoms with Crippen molar-refractivity contribution in [2.75, 3.05) is 11.9 Å². The molecule has 4 rings (SSSR count). The van der Waals surface area contributed by atoms with Gasteiger partial charge >= 0.3 is 0 Å². The van der Waals surface area contributed by atoms with Gasteiger partial charge in [0.15, 0.2) is 0 Å². The van der Waals surface area contributed by atoms with E-state index in [-0.39, 0.29) is 30.4 Å². The van der Waals surface area contributed by atoms with Gasteiger partial charge in [-0.15, -0.1) is 0 Å². The number of hydrogen-bond donors (Lipinski definition) is 2. The smallest absolute Gasteiger partial charge is 0.251 e. The Bertz CT molecular complexity index is 931. The molecule has 1 fully saturated rings. The molecular weight excluding hydrogens is 376 g/mol. The highest BCUT2D eigenvalue weighted by Gasteiger charge is 2.40. The second-order valence-electron chi connectivity index (χ2n) is 7.03. The Morgan fingerprint density at radius 1 is 1.21 bits per heavy atom.